The maximum atomic E-state index is 11.1. The minimum atomic E-state index is -1.07. The van der Waals surface area contributed by atoms with Crippen molar-refractivity contribution in [3.8, 4) is 0 Å². The number of hydrogen-bond donors (Lipinski definition) is 2. The van der Waals surface area contributed by atoms with Gasteiger partial charge in [0.2, 0.25) is 5.28 Å². The number of imidazole rings is 1. The average molecular weight is 446 g/mol. The topological polar surface area (TPSA) is 104 Å². The number of aliphatic hydroxyl groups is 1. The van der Waals surface area contributed by atoms with E-state index in [9.17, 15) is 5.11 Å². The summed E-state index contributed by atoms with van der Waals surface area (Å²) in [6.45, 7) is 4.70. The van der Waals surface area contributed by atoms with E-state index in [0.29, 0.717) is 30.1 Å². The van der Waals surface area contributed by atoms with Crippen molar-refractivity contribution in [2.75, 3.05) is 18.5 Å². The van der Waals surface area contributed by atoms with Gasteiger partial charge in [-0.2, -0.15) is 9.97 Å². The minimum absolute atomic E-state index is 0.0652. The average Bonchev–Trinajstić information content (AvgIpc) is 3.40. The molecule has 1 aromatic carbocycles. The number of aromatic nitrogens is 4. The van der Waals surface area contributed by atoms with E-state index in [1.807, 2.05) is 32.0 Å². The Morgan fingerprint density at radius 1 is 1.26 bits per heavy atom. The van der Waals surface area contributed by atoms with Gasteiger partial charge in [0.05, 0.1) is 12.9 Å². The zero-order chi connectivity index (χ0) is 21.6. The molecule has 0 spiro atoms. The van der Waals surface area contributed by atoms with Gasteiger partial charge in [0.25, 0.3) is 0 Å². The second-order valence-corrected chi connectivity index (χ2v) is 8.52. The molecule has 0 aliphatic carbocycles. The van der Waals surface area contributed by atoms with Crippen molar-refractivity contribution in [3.05, 3.63) is 47.5 Å². The van der Waals surface area contributed by atoms with E-state index in [1.54, 1.807) is 0 Å². The second kappa shape index (κ2) is 7.99. The highest BCUT2D eigenvalue weighted by molar-refractivity contribution is 6.28. The number of anilines is 1. The Morgan fingerprint density at radius 3 is 2.87 bits per heavy atom. The van der Waals surface area contributed by atoms with Gasteiger partial charge in [0.15, 0.2) is 29.0 Å². The Hall–Kier alpha value is -2.30. The van der Waals surface area contributed by atoms with E-state index in [4.69, 9.17) is 25.8 Å². The minimum Gasteiger partial charge on any atom is -0.370 e. The zero-order valence-electron chi connectivity index (χ0n) is 17.2. The van der Waals surface area contributed by atoms with Crippen LogP contribution in [-0.4, -0.2) is 61.9 Å². The molecule has 31 heavy (non-hydrogen) atoms. The standard InChI is InChI=1S/C21H24ClN5O4/c1-21(2)30-13-10-29-16(15(13)31-21)19(28)27-11-24-14-17(25-20(22)26-18(14)27)23-9-8-12-6-4-3-5-7-12/h3-7,11,13,15-16,19,28H,8-10H2,1-2H3,(H,23,25,26)/t13-,15-,16-,19?/m1/s1. The molecule has 2 N–H and O–H groups in total. The number of rotatable bonds is 6. The fourth-order valence-electron chi connectivity index (χ4n) is 4.16. The predicted octanol–water partition coefficient (Wildman–Crippen LogP) is 2.54. The molecule has 2 aliphatic heterocycles. The lowest BCUT2D eigenvalue weighted by Crippen LogP contribution is -2.36. The van der Waals surface area contributed by atoms with Crippen molar-refractivity contribution in [1.29, 1.82) is 0 Å². The first-order valence-electron chi connectivity index (χ1n) is 10.2. The summed E-state index contributed by atoms with van der Waals surface area (Å²) in [6.07, 6.45) is 0.0360. The summed E-state index contributed by atoms with van der Waals surface area (Å²) in [5.74, 6) is -0.196. The zero-order valence-corrected chi connectivity index (χ0v) is 18.0. The summed E-state index contributed by atoms with van der Waals surface area (Å²) in [7, 11) is 0. The summed E-state index contributed by atoms with van der Waals surface area (Å²) in [5.41, 5.74) is 2.15. The van der Waals surface area contributed by atoms with Gasteiger partial charge in [-0.15, -0.1) is 0 Å². The van der Waals surface area contributed by atoms with Gasteiger partial charge in [-0.3, -0.25) is 4.57 Å². The van der Waals surface area contributed by atoms with Crippen LogP contribution in [0.25, 0.3) is 11.2 Å². The quantitative estimate of drug-likeness (QED) is 0.558. The summed E-state index contributed by atoms with van der Waals surface area (Å²) in [6, 6.07) is 10.1. The van der Waals surface area contributed by atoms with E-state index < -0.39 is 18.1 Å². The molecule has 2 aliphatic rings. The van der Waals surface area contributed by atoms with E-state index in [-0.39, 0.29) is 17.5 Å². The van der Waals surface area contributed by atoms with Crippen LogP contribution in [0.5, 0.6) is 0 Å². The third-order valence-electron chi connectivity index (χ3n) is 5.52. The molecule has 0 radical (unpaired) electrons. The molecule has 4 heterocycles. The van der Waals surface area contributed by atoms with Gasteiger partial charge in [-0.05, 0) is 37.4 Å². The van der Waals surface area contributed by atoms with Crippen LogP contribution in [0.3, 0.4) is 0 Å². The van der Waals surface area contributed by atoms with Crippen molar-refractivity contribution < 1.29 is 19.3 Å². The molecule has 2 fully saturated rings. The summed E-state index contributed by atoms with van der Waals surface area (Å²) >= 11 is 6.18. The monoisotopic (exact) mass is 445 g/mol. The summed E-state index contributed by atoms with van der Waals surface area (Å²) in [4.78, 5) is 13.0. The van der Waals surface area contributed by atoms with E-state index in [2.05, 4.69) is 32.4 Å². The molecule has 9 nitrogen and oxygen atoms in total. The van der Waals surface area contributed by atoms with Gasteiger partial charge < -0.3 is 24.6 Å². The lowest BCUT2D eigenvalue weighted by molar-refractivity contribution is -0.190. The van der Waals surface area contributed by atoms with E-state index >= 15 is 0 Å². The normalized spacial score (nSPS) is 25.6. The van der Waals surface area contributed by atoms with Crippen molar-refractivity contribution in [2.45, 2.75) is 50.6 Å². The SMILES string of the molecule is CC1(C)O[C@@H]2[C@@H](CO[C@H]2C(O)n2cnc3c(NCCc4ccccc4)nc(Cl)nc32)O1. The van der Waals surface area contributed by atoms with Crippen molar-refractivity contribution >= 4 is 28.6 Å². The molecular weight excluding hydrogens is 422 g/mol. The van der Waals surface area contributed by atoms with Crippen LogP contribution in [-0.2, 0) is 20.6 Å². The van der Waals surface area contributed by atoms with Crippen molar-refractivity contribution in [3.63, 3.8) is 0 Å². The van der Waals surface area contributed by atoms with Gasteiger partial charge in [0, 0.05) is 6.54 Å². The lowest BCUT2D eigenvalue weighted by Gasteiger charge is -2.25. The molecular formula is C21H24ClN5O4. The maximum absolute atomic E-state index is 11.1. The Morgan fingerprint density at radius 2 is 2.06 bits per heavy atom. The van der Waals surface area contributed by atoms with Crippen LogP contribution in [0.4, 0.5) is 5.82 Å². The van der Waals surface area contributed by atoms with Crippen LogP contribution in [0, 0.1) is 0 Å². The molecule has 3 aromatic rings. The molecule has 5 rings (SSSR count). The number of fused-ring (bicyclic) bond motifs is 2. The third-order valence-corrected chi connectivity index (χ3v) is 5.69. The number of nitrogens with one attached hydrogen (secondary N) is 1. The van der Waals surface area contributed by atoms with Crippen LogP contribution in [0.2, 0.25) is 5.28 Å². The highest BCUT2D eigenvalue weighted by Gasteiger charge is 2.52. The number of aliphatic hydroxyl groups excluding tert-OH is 1. The maximum Gasteiger partial charge on any atom is 0.226 e. The first-order chi connectivity index (χ1) is 14.9. The number of halogens is 1. The molecule has 2 saturated heterocycles. The Labute approximate surface area is 184 Å². The largest absolute Gasteiger partial charge is 0.370 e. The number of hydrogen-bond acceptors (Lipinski definition) is 8. The fourth-order valence-corrected chi connectivity index (χ4v) is 4.33. The highest BCUT2D eigenvalue weighted by atomic mass is 35.5. The van der Waals surface area contributed by atoms with Crippen LogP contribution in [0.1, 0.15) is 25.6 Å². The van der Waals surface area contributed by atoms with Gasteiger partial charge in [-0.25, -0.2) is 4.98 Å². The number of benzene rings is 1. The molecule has 164 valence electrons. The van der Waals surface area contributed by atoms with Crippen LogP contribution >= 0.6 is 11.6 Å². The van der Waals surface area contributed by atoms with Crippen molar-refractivity contribution in [1.82, 2.24) is 19.5 Å². The molecule has 0 saturated carbocycles. The lowest BCUT2D eigenvalue weighted by atomic mass is 10.1. The van der Waals surface area contributed by atoms with Crippen LogP contribution in [0.15, 0.2) is 36.7 Å². The highest BCUT2D eigenvalue weighted by Crippen LogP contribution is 2.39. The van der Waals surface area contributed by atoms with Crippen LogP contribution < -0.4 is 5.32 Å². The first-order valence-corrected chi connectivity index (χ1v) is 10.6. The Kier molecular flexibility index (Phi) is 5.31. The molecule has 4 atom stereocenters. The summed E-state index contributed by atoms with van der Waals surface area (Å²) in [5, 5.41) is 14.4. The molecule has 10 heteroatoms. The third kappa shape index (κ3) is 3.99. The Bertz CT molecular complexity index is 1080. The molecule has 0 bridgehead atoms. The van der Waals surface area contributed by atoms with E-state index in [0.717, 1.165) is 6.42 Å². The van der Waals surface area contributed by atoms with Crippen molar-refractivity contribution in [2.24, 2.45) is 0 Å². The molecule has 1 unspecified atom stereocenters. The van der Waals surface area contributed by atoms with Gasteiger partial charge in [0.1, 0.15) is 18.3 Å². The van der Waals surface area contributed by atoms with Gasteiger partial charge in [-0.1, -0.05) is 30.3 Å². The summed E-state index contributed by atoms with van der Waals surface area (Å²) < 4.78 is 19.1. The van der Waals surface area contributed by atoms with Gasteiger partial charge >= 0.3 is 0 Å². The predicted molar refractivity (Wildman–Crippen MR) is 114 cm³/mol. The second-order valence-electron chi connectivity index (χ2n) is 8.18. The number of ether oxygens (including phenoxy) is 3. The molecule has 2 aromatic heterocycles. The Balaban J connectivity index is 1.37. The smallest absolute Gasteiger partial charge is 0.226 e. The fraction of sp³-hybridized carbons (Fsp3) is 0.476. The van der Waals surface area contributed by atoms with E-state index in [1.165, 1.54) is 16.5 Å². The number of nitrogens with zero attached hydrogens (tertiary/aromatic N) is 4. The molecule has 0 amide bonds. The first kappa shape index (κ1) is 20.6.